The van der Waals surface area contributed by atoms with Crippen molar-refractivity contribution in [3.8, 4) is 0 Å². The third kappa shape index (κ3) is 6.16. The van der Waals surface area contributed by atoms with Crippen LogP contribution in [0.3, 0.4) is 0 Å². The molecule has 2 atom stereocenters. The van der Waals surface area contributed by atoms with Crippen molar-refractivity contribution in [2.75, 3.05) is 6.54 Å². The topological polar surface area (TPSA) is 38.0 Å². The van der Waals surface area contributed by atoms with E-state index in [1.807, 2.05) is 0 Å². The molecule has 0 aromatic rings. The molecule has 15 heavy (non-hydrogen) atoms. The average molecular weight is 212 g/mol. The lowest BCUT2D eigenvalue weighted by Gasteiger charge is -2.22. The number of hydrogen-bond donors (Lipinski definition) is 2. The Bertz CT molecular complexity index is 172. The SMILES string of the molecule is CC1CCCC(NCCC(C)(C)N)CC1. The zero-order chi connectivity index (χ0) is 11.3. The summed E-state index contributed by atoms with van der Waals surface area (Å²) >= 11 is 0. The molecule has 0 heterocycles. The predicted molar refractivity (Wildman–Crippen MR) is 66.9 cm³/mol. The summed E-state index contributed by atoms with van der Waals surface area (Å²) in [6, 6.07) is 0.747. The lowest BCUT2D eigenvalue weighted by atomic mass is 10.0. The molecule has 1 aliphatic rings. The summed E-state index contributed by atoms with van der Waals surface area (Å²) in [5, 5.41) is 3.66. The molecule has 1 fully saturated rings. The molecule has 2 nitrogen and oxygen atoms in total. The smallest absolute Gasteiger partial charge is 0.0109 e. The average Bonchev–Trinajstić information content (AvgIpc) is 2.29. The molecule has 90 valence electrons. The Hall–Kier alpha value is -0.0800. The third-order valence-corrected chi connectivity index (χ3v) is 3.46. The summed E-state index contributed by atoms with van der Waals surface area (Å²) < 4.78 is 0. The van der Waals surface area contributed by atoms with Gasteiger partial charge >= 0.3 is 0 Å². The van der Waals surface area contributed by atoms with E-state index in [0.29, 0.717) is 0 Å². The van der Waals surface area contributed by atoms with Gasteiger partial charge in [0.1, 0.15) is 0 Å². The van der Waals surface area contributed by atoms with Gasteiger partial charge in [0.25, 0.3) is 0 Å². The molecule has 0 bridgehead atoms. The Balaban J connectivity index is 2.15. The molecule has 0 aromatic carbocycles. The molecule has 1 rings (SSSR count). The van der Waals surface area contributed by atoms with Gasteiger partial charge in [-0.2, -0.15) is 0 Å². The normalized spacial score (nSPS) is 28.8. The van der Waals surface area contributed by atoms with Crippen molar-refractivity contribution < 1.29 is 0 Å². The second-order valence-corrected chi connectivity index (χ2v) is 6.00. The minimum Gasteiger partial charge on any atom is -0.326 e. The van der Waals surface area contributed by atoms with E-state index in [4.69, 9.17) is 5.73 Å². The van der Waals surface area contributed by atoms with Crippen LogP contribution in [-0.2, 0) is 0 Å². The predicted octanol–water partition coefficient (Wildman–Crippen LogP) is 2.67. The maximum absolute atomic E-state index is 5.96. The summed E-state index contributed by atoms with van der Waals surface area (Å²) in [4.78, 5) is 0. The van der Waals surface area contributed by atoms with Gasteiger partial charge in [-0.3, -0.25) is 0 Å². The van der Waals surface area contributed by atoms with E-state index in [2.05, 4.69) is 26.1 Å². The third-order valence-electron chi connectivity index (χ3n) is 3.46. The Morgan fingerprint density at radius 3 is 2.60 bits per heavy atom. The summed E-state index contributed by atoms with van der Waals surface area (Å²) in [5.74, 6) is 0.933. The molecule has 1 aliphatic carbocycles. The van der Waals surface area contributed by atoms with Crippen LogP contribution in [-0.4, -0.2) is 18.1 Å². The van der Waals surface area contributed by atoms with Crippen LogP contribution >= 0.6 is 0 Å². The quantitative estimate of drug-likeness (QED) is 0.703. The Morgan fingerprint density at radius 2 is 1.93 bits per heavy atom. The summed E-state index contributed by atoms with van der Waals surface area (Å²) in [6.45, 7) is 7.65. The lowest BCUT2D eigenvalue weighted by Crippen LogP contribution is -2.38. The largest absolute Gasteiger partial charge is 0.326 e. The van der Waals surface area contributed by atoms with Crippen molar-refractivity contribution in [2.45, 2.75) is 70.9 Å². The molecule has 0 aromatic heterocycles. The number of nitrogens with one attached hydrogen (secondary N) is 1. The van der Waals surface area contributed by atoms with Crippen LogP contribution in [0.5, 0.6) is 0 Å². The van der Waals surface area contributed by atoms with Crippen molar-refractivity contribution in [1.29, 1.82) is 0 Å². The van der Waals surface area contributed by atoms with Crippen molar-refractivity contribution >= 4 is 0 Å². The van der Waals surface area contributed by atoms with Crippen LogP contribution in [0.1, 0.15) is 59.3 Å². The number of hydrogen-bond acceptors (Lipinski definition) is 2. The van der Waals surface area contributed by atoms with Crippen molar-refractivity contribution in [2.24, 2.45) is 11.7 Å². The molecular formula is C13H28N2. The minimum atomic E-state index is -0.0228. The first kappa shape index (κ1) is 13.0. The zero-order valence-corrected chi connectivity index (χ0v) is 10.7. The van der Waals surface area contributed by atoms with Gasteiger partial charge in [-0.05, 0) is 52.0 Å². The molecule has 0 radical (unpaired) electrons. The van der Waals surface area contributed by atoms with Gasteiger partial charge in [0.05, 0.1) is 0 Å². The van der Waals surface area contributed by atoms with Crippen molar-refractivity contribution in [1.82, 2.24) is 5.32 Å². The van der Waals surface area contributed by atoms with E-state index in [1.54, 1.807) is 0 Å². The van der Waals surface area contributed by atoms with E-state index in [1.165, 1.54) is 32.1 Å². The van der Waals surface area contributed by atoms with Gasteiger partial charge in [0.2, 0.25) is 0 Å². The molecule has 2 unspecified atom stereocenters. The Morgan fingerprint density at radius 1 is 1.20 bits per heavy atom. The molecule has 0 saturated heterocycles. The van der Waals surface area contributed by atoms with Crippen LogP contribution in [0.4, 0.5) is 0 Å². The first-order valence-corrected chi connectivity index (χ1v) is 6.49. The van der Waals surface area contributed by atoms with E-state index in [9.17, 15) is 0 Å². The van der Waals surface area contributed by atoms with Crippen LogP contribution < -0.4 is 11.1 Å². The number of nitrogens with two attached hydrogens (primary N) is 1. The van der Waals surface area contributed by atoms with Gasteiger partial charge in [-0.1, -0.05) is 19.8 Å². The van der Waals surface area contributed by atoms with Gasteiger partial charge in [0.15, 0.2) is 0 Å². The fourth-order valence-corrected chi connectivity index (χ4v) is 2.29. The lowest BCUT2D eigenvalue weighted by molar-refractivity contribution is 0.400. The van der Waals surface area contributed by atoms with Gasteiger partial charge in [0, 0.05) is 11.6 Å². The maximum atomic E-state index is 5.96. The van der Waals surface area contributed by atoms with Crippen molar-refractivity contribution in [3.63, 3.8) is 0 Å². The molecule has 0 aliphatic heterocycles. The van der Waals surface area contributed by atoms with Crippen molar-refractivity contribution in [3.05, 3.63) is 0 Å². The highest BCUT2D eigenvalue weighted by Crippen LogP contribution is 2.22. The van der Waals surface area contributed by atoms with Crippen LogP contribution in [0, 0.1) is 5.92 Å². The first-order chi connectivity index (χ1) is 6.97. The maximum Gasteiger partial charge on any atom is 0.0109 e. The molecule has 0 amide bonds. The summed E-state index contributed by atoms with van der Waals surface area (Å²) in [7, 11) is 0. The Labute approximate surface area is 95.0 Å². The Kier molecular flexibility index (Phi) is 5.07. The second-order valence-electron chi connectivity index (χ2n) is 6.00. The highest BCUT2D eigenvalue weighted by Gasteiger charge is 2.16. The minimum absolute atomic E-state index is 0.0228. The van der Waals surface area contributed by atoms with E-state index in [0.717, 1.165) is 24.9 Å². The standard InChI is InChI=1S/C13H28N2/c1-11-5-4-6-12(8-7-11)15-10-9-13(2,3)14/h11-12,15H,4-10,14H2,1-3H3. The number of rotatable bonds is 4. The van der Waals surface area contributed by atoms with Gasteiger partial charge in [-0.15, -0.1) is 0 Å². The zero-order valence-electron chi connectivity index (χ0n) is 10.7. The van der Waals surface area contributed by atoms with Gasteiger partial charge < -0.3 is 11.1 Å². The highest BCUT2D eigenvalue weighted by atomic mass is 14.9. The van der Waals surface area contributed by atoms with Crippen LogP contribution in [0.25, 0.3) is 0 Å². The van der Waals surface area contributed by atoms with E-state index >= 15 is 0 Å². The van der Waals surface area contributed by atoms with E-state index < -0.39 is 0 Å². The highest BCUT2D eigenvalue weighted by molar-refractivity contribution is 4.77. The first-order valence-electron chi connectivity index (χ1n) is 6.49. The summed E-state index contributed by atoms with van der Waals surface area (Å²) in [6.07, 6.45) is 7.98. The van der Waals surface area contributed by atoms with Gasteiger partial charge in [-0.25, -0.2) is 0 Å². The van der Waals surface area contributed by atoms with Crippen LogP contribution in [0.15, 0.2) is 0 Å². The molecule has 0 spiro atoms. The molecule has 1 saturated carbocycles. The van der Waals surface area contributed by atoms with E-state index in [-0.39, 0.29) is 5.54 Å². The monoisotopic (exact) mass is 212 g/mol. The van der Waals surface area contributed by atoms with Crippen LogP contribution in [0.2, 0.25) is 0 Å². The fraction of sp³-hybridized carbons (Fsp3) is 1.00. The molecule has 2 heteroatoms. The molecular weight excluding hydrogens is 184 g/mol. The summed E-state index contributed by atoms with van der Waals surface area (Å²) in [5.41, 5.74) is 5.94. The second kappa shape index (κ2) is 5.86. The fourth-order valence-electron chi connectivity index (χ4n) is 2.29. The molecule has 3 N–H and O–H groups in total.